The first-order valence-electron chi connectivity index (χ1n) is 10.4. The van der Waals surface area contributed by atoms with Gasteiger partial charge in [0.1, 0.15) is 23.5 Å². The third-order valence-corrected chi connectivity index (χ3v) is 5.48. The van der Waals surface area contributed by atoms with Gasteiger partial charge in [-0.15, -0.1) is 0 Å². The molecule has 1 unspecified atom stereocenters. The average Bonchev–Trinajstić information content (AvgIpc) is 3.09. The topological polar surface area (TPSA) is 62.7 Å². The van der Waals surface area contributed by atoms with Crippen molar-refractivity contribution >= 4 is 12.0 Å². The van der Waals surface area contributed by atoms with E-state index in [0.717, 1.165) is 24.8 Å². The first-order chi connectivity index (χ1) is 14.4. The first-order valence-corrected chi connectivity index (χ1v) is 10.4. The molecule has 2 fully saturated rings. The molecule has 162 valence electrons. The number of aromatic nitrogens is 1. The molecule has 0 amide bonds. The maximum Gasteiger partial charge on any atom is 0.303 e. The molecular weight excluding hydrogens is 390 g/mol. The zero-order valence-electron chi connectivity index (χ0n) is 17.4. The second kappa shape index (κ2) is 9.87. The van der Waals surface area contributed by atoms with Crippen LogP contribution in [0.4, 0.5) is 8.78 Å². The van der Waals surface area contributed by atoms with Gasteiger partial charge in [0.2, 0.25) is 5.88 Å². The van der Waals surface area contributed by atoms with E-state index in [-0.39, 0.29) is 24.1 Å². The summed E-state index contributed by atoms with van der Waals surface area (Å²) in [6.07, 6.45) is 7.89. The number of allylic oxidation sites excluding steroid dienone is 4. The van der Waals surface area contributed by atoms with Crippen LogP contribution in [-0.2, 0) is 4.79 Å². The quantitative estimate of drug-likeness (QED) is 0.589. The van der Waals surface area contributed by atoms with E-state index < -0.39 is 17.6 Å². The third kappa shape index (κ3) is 5.68. The lowest BCUT2D eigenvalue weighted by Gasteiger charge is -2.25. The van der Waals surface area contributed by atoms with E-state index in [1.54, 1.807) is 4.90 Å². The summed E-state index contributed by atoms with van der Waals surface area (Å²) in [5.41, 5.74) is 1.34. The van der Waals surface area contributed by atoms with Crippen LogP contribution in [0.1, 0.15) is 50.3 Å². The number of halogens is 2. The minimum absolute atomic E-state index is 0.00429. The zero-order chi connectivity index (χ0) is 21.7. The Morgan fingerprint density at radius 3 is 2.73 bits per heavy atom. The van der Waals surface area contributed by atoms with Gasteiger partial charge in [0.05, 0.1) is 5.69 Å². The molecule has 1 N–H and O–H groups in total. The van der Waals surface area contributed by atoms with E-state index in [4.69, 9.17) is 9.84 Å². The van der Waals surface area contributed by atoms with Crippen LogP contribution in [0.3, 0.4) is 0 Å². The molecule has 0 bridgehead atoms. The molecule has 2 aliphatic rings. The van der Waals surface area contributed by atoms with Crippen LogP contribution in [0, 0.1) is 12.8 Å². The summed E-state index contributed by atoms with van der Waals surface area (Å²) in [6, 6.07) is 3.65. The van der Waals surface area contributed by atoms with Gasteiger partial charge in [-0.3, -0.25) is 4.79 Å². The molecule has 1 atom stereocenters. The predicted octanol–water partition coefficient (Wildman–Crippen LogP) is 5.19. The van der Waals surface area contributed by atoms with Crippen molar-refractivity contribution in [2.24, 2.45) is 5.92 Å². The summed E-state index contributed by atoms with van der Waals surface area (Å²) >= 11 is 0. The minimum Gasteiger partial charge on any atom is -0.481 e. The standard InChI is InChI=1S/C23H28F2N2O3/c1-3-19(24)23(27-10-9-16(14-27)13-22(28)29)20(25)8-7-17-11-15(2)12-21(26-17)30-18-5-4-6-18/h3,7-8,11-12,16,18H,4-6,9-10,13-14H2,1-2H3,(H,28,29)/b8-7+,19-3+,23-20-. The van der Waals surface area contributed by atoms with E-state index in [2.05, 4.69) is 4.98 Å². The number of carboxylic acids is 1. The fourth-order valence-corrected chi connectivity index (χ4v) is 3.71. The Labute approximate surface area is 175 Å². The molecule has 5 nitrogen and oxygen atoms in total. The number of aliphatic carboxylic acids is 1. The van der Waals surface area contributed by atoms with Crippen LogP contribution in [0.15, 0.2) is 41.6 Å². The number of nitrogens with zero attached hydrogens (tertiary/aromatic N) is 2. The zero-order valence-corrected chi connectivity index (χ0v) is 17.4. The number of rotatable bonds is 8. The smallest absolute Gasteiger partial charge is 0.303 e. The van der Waals surface area contributed by atoms with E-state index in [1.165, 1.54) is 25.2 Å². The van der Waals surface area contributed by atoms with Crippen molar-refractivity contribution in [2.45, 2.75) is 52.1 Å². The van der Waals surface area contributed by atoms with Gasteiger partial charge < -0.3 is 14.7 Å². The van der Waals surface area contributed by atoms with Crippen LogP contribution in [0.25, 0.3) is 6.08 Å². The van der Waals surface area contributed by atoms with Crippen molar-refractivity contribution < 1.29 is 23.4 Å². The molecule has 1 aromatic rings. The first kappa shape index (κ1) is 22.0. The SMILES string of the molecule is C\C=C(F)/C(=C(F)\C=C\c1cc(C)cc(OC2CCC2)n1)N1CCC(CC(=O)O)C1. The third-order valence-electron chi connectivity index (χ3n) is 5.48. The summed E-state index contributed by atoms with van der Waals surface area (Å²) in [6.45, 7) is 4.14. The molecule has 30 heavy (non-hydrogen) atoms. The number of carboxylic acid groups (broad SMARTS) is 1. The fourth-order valence-electron chi connectivity index (χ4n) is 3.71. The van der Waals surface area contributed by atoms with Gasteiger partial charge >= 0.3 is 5.97 Å². The lowest BCUT2D eigenvalue weighted by Crippen LogP contribution is -2.25. The maximum absolute atomic E-state index is 15.0. The number of ether oxygens (including phenoxy) is 1. The highest BCUT2D eigenvalue weighted by atomic mass is 19.1. The monoisotopic (exact) mass is 418 g/mol. The van der Waals surface area contributed by atoms with E-state index in [9.17, 15) is 9.18 Å². The number of hydrogen-bond donors (Lipinski definition) is 1. The van der Waals surface area contributed by atoms with Crippen LogP contribution in [0.2, 0.25) is 0 Å². The van der Waals surface area contributed by atoms with Crippen molar-refractivity contribution in [1.29, 1.82) is 0 Å². The minimum atomic E-state index is -0.898. The van der Waals surface area contributed by atoms with Gasteiger partial charge in [0.25, 0.3) is 0 Å². The van der Waals surface area contributed by atoms with Gasteiger partial charge in [-0.2, -0.15) is 0 Å². The number of carbonyl (C=O) groups is 1. The molecule has 3 rings (SSSR count). The normalized spacial score (nSPS) is 21.0. The fraction of sp³-hybridized carbons (Fsp3) is 0.478. The average molecular weight is 418 g/mol. The van der Waals surface area contributed by atoms with Crippen LogP contribution in [-0.4, -0.2) is 40.2 Å². The number of aryl methyl sites for hydroxylation is 1. The largest absolute Gasteiger partial charge is 0.481 e. The van der Waals surface area contributed by atoms with Crippen LogP contribution < -0.4 is 4.74 Å². The molecule has 1 aromatic heterocycles. The van der Waals surface area contributed by atoms with Crippen molar-refractivity contribution in [3.8, 4) is 5.88 Å². The van der Waals surface area contributed by atoms with Crippen LogP contribution >= 0.6 is 0 Å². The van der Waals surface area contributed by atoms with Crippen LogP contribution in [0.5, 0.6) is 5.88 Å². The molecule has 1 aliphatic heterocycles. The van der Waals surface area contributed by atoms with Gasteiger partial charge in [-0.1, -0.05) is 0 Å². The molecule has 0 aromatic carbocycles. The van der Waals surface area contributed by atoms with Gasteiger partial charge in [-0.25, -0.2) is 13.8 Å². The predicted molar refractivity (Wildman–Crippen MR) is 111 cm³/mol. The maximum atomic E-state index is 15.0. The van der Waals surface area contributed by atoms with Gasteiger partial charge in [-0.05, 0) is 75.3 Å². The Hall–Kier alpha value is -2.70. The number of likely N-dealkylation sites (tertiary alicyclic amines) is 1. The summed E-state index contributed by atoms with van der Waals surface area (Å²) in [4.78, 5) is 16.9. The molecule has 1 saturated heterocycles. The number of pyridine rings is 1. The highest BCUT2D eigenvalue weighted by molar-refractivity contribution is 5.67. The summed E-state index contributed by atoms with van der Waals surface area (Å²) < 4.78 is 35.3. The van der Waals surface area contributed by atoms with Crippen molar-refractivity contribution in [1.82, 2.24) is 9.88 Å². The van der Waals surface area contributed by atoms with E-state index in [1.807, 2.05) is 19.1 Å². The molecule has 7 heteroatoms. The molecule has 1 saturated carbocycles. The van der Waals surface area contributed by atoms with Gasteiger partial charge in [0.15, 0.2) is 0 Å². The van der Waals surface area contributed by atoms with Crippen molar-refractivity contribution in [3.05, 3.63) is 52.9 Å². The molecule has 2 heterocycles. The summed E-state index contributed by atoms with van der Waals surface area (Å²) in [5, 5.41) is 8.97. The lowest BCUT2D eigenvalue weighted by molar-refractivity contribution is -0.138. The summed E-state index contributed by atoms with van der Waals surface area (Å²) in [5.74, 6) is -1.89. The molecule has 1 aliphatic carbocycles. The lowest BCUT2D eigenvalue weighted by atomic mass is 9.96. The molecule has 0 radical (unpaired) electrons. The Balaban J connectivity index is 1.79. The molecular formula is C23H28F2N2O3. The Bertz CT molecular complexity index is 875. The number of hydrogen-bond acceptors (Lipinski definition) is 4. The van der Waals surface area contributed by atoms with Crippen molar-refractivity contribution in [2.75, 3.05) is 13.1 Å². The Morgan fingerprint density at radius 2 is 2.10 bits per heavy atom. The highest BCUT2D eigenvalue weighted by Crippen LogP contribution is 2.31. The second-order valence-electron chi connectivity index (χ2n) is 7.94. The molecule has 0 spiro atoms. The second-order valence-corrected chi connectivity index (χ2v) is 7.94. The summed E-state index contributed by atoms with van der Waals surface area (Å²) in [7, 11) is 0. The highest BCUT2D eigenvalue weighted by Gasteiger charge is 2.29. The Morgan fingerprint density at radius 1 is 1.33 bits per heavy atom. The van der Waals surface area contributed by atoms with Crippen molar-refractivity contribution in [3.63, 3.8) is 0 Å². The van der Waals surface area contributed by atoms with Gasteiger partial charge in [0, 0.05) is 25.6 Å². The Kier molecular flexibility index (Phi) is 7.24. The van der Waals surface area contributed by atoms with E-state index in [0.29, 0.717) is 31.1 Å². The van der Waals surface area contributed by atoms with E-state index >= 15 is 4.39 Å².